The maximum absolute atomic E-state index is 11.8. The number of rotatable bonds is 1. The number of nitrogens with one attached hydrogen (secondary N) is 1. The molecular formula is C12H11NO3S2. The van der Waals surface area contributed by atoms with Crippen molar-refractivity contribution < 1.29 is 14.3 Å². The van der Waals surface area contributed by atoms with E-state index in [9.17, 15) is 4.79 Å². The molecule has 3 rings (SSSR count). The van der Waals surface area contributed by atoms with E-state index in [1.807, 2.05) is 30.3 Å². The van der Waals surface area contributed by atoms with Gasteiger partial charge in [-0.2, -0.15) is 0 Å². The zero-order valence-electron chi connectivity index (χ0n) is 9.42. The van der Waals surface area contributed by atoms with Crippen molar-refractivity contribution in [2.75, 3.05) is 13.2 Å². The predicted molar refractivity (Wildman–Crippen MR) is 72.1 cm³/mol. The third-order valence-corrected chi connectivity index (χ3v) is 4.38. The van der Waals surface area contributed by atoms with Crippen LogP contribution in [0.15, 0.2) is 30.3 Å². The van der Waals surface area contributed by atoms with E-state index < -0.39 is 11.0 Å². The van der Waals surface area contributed by atoms with Crippen molar-refractivity contribution in [3.05, 3.63) is 35.9 Å². The smallest absolute Gasteiger partial charge is 0.246 e. The highest BCUT2D eigenvalue weighted by Gasteiger charge is 2.50. The number of amides is 1. The summed E-state index contributed by atoms with van der Waals surface area (Å²) < 4.78 is 11.1. The van der Waals surface area contributed by atoms with Gasteiger partial charge in [0.2, 0.25) is 5.91 Å². The molecule has 2 fully saturated rings. The third-order valence-electron chi connectivity index (χ3n) is 2.92. The van der Waals surface area contributed by atoms with E-state index in [1.54, 1.807) is 0 Å². The number of carbonyl (C=O) groups is 1. The monoisotopic (exact) mass is 281 g/mol. The Morgan fingerprint density at radius 3 is 2.50 bits per heavy atom. The molecule has 0 atom stereocenters. The summed E-state index contributed by atoms with van der Waals surface area (Å²) in [5.41, 5.74) is 0.957. The molecule has 2 heterocycles. The van der Waals surface area contributed by atoms with E-state index in [-0.39, 0.29) is 5.91 Å². The van der Waals surface area contributed by atoms with E-state index in [2.05, 4.69) is 5.32 Å². The molecule has 2 saturated heterocycles. The van der Waals surface area contributed by atoms with Gasteiger partial charge in [0, 0.05) is 5.56 Å². The fraction of sp³-hybridized carbons (Fsp3) is 0.333. The van der Waals surface area contributed by atoms with Gasteiger partial charge in [0.25, 0.3) is 0 Å². The topological polar surface area (TPSA) is 47.6 Å². The number of benzene rings is 1. The number of hydrogen-bond acceptors (Lipinski definition) is 5. The van der Waals surface area contributed by atoms with Crippen LogP contribution in [-0.2, 0) is 14.3 Å². The van der Waals surface area contributed by atoms with Gasteiger partial charge in [-0.15, -0.1) is 0 Å². The highest BCUT2D eigenvalue weighted by molar-refractivity contribution is 8.25. The van der Waals surface area contributed by atoms with Crippen molar-refractivity contribution in [2.24, 2.45) is 0 Å². The Balaban J connectivity index is 1.72. The van der Waals surface area contributed by atoms with Crippen LogP contribution in [0, 0.1) is 0 Å². The lowest BCUT2D eigenvalue weighted by atomic mass is 10.1. The minimum absolute atomic E-state index is 0.121. The van der Waals surface area contributed by atoms with Crippen LogP contribution in [0.4, 0.5) is 0 Å². The molecule has 1 aromatic rings. The molecule has 2 aliphatic heterocycles. The largest absolute Gasteiger partial charge is 0.346 e. The van der Waals surface area contributed by atoms with Gasteiger partial charge in [0.1, 0.15) is 9.07 Å². The molecule has 1 spiro atoms. The normalized spacial score (nSPS) is 31.7. The zero-order valence-corrected chi connectivity index (χ0v) is 11.1. The van der Waals surface area contributed by atoms with Gasteiger partial charge in [-0.25, -0.2) is 0 Å². The van der Waals surface area contributed by atoms with Gasteiger partial charge in [-0.3, -0.25) is 4.79 Å². The first-order valence-electron chi connectivity index (χ1n) is 5.52. The fourth-order valence-electron chi connectivity index (χ4n) is 1.96. The molecule has 2 aliphatic rings. The molecule has 0 aliphatic carbocycles. The molecule has 0 radical (unpaired) electrons. The van der Waals surface area contributed by atoms with E-state index >= 15 is 0 Å². The van der Waals surface area contributed by atoms with Crippen LogP contribution in [0.1, 0.15) is 11.9 Å². The zero-order chi connectivity index (χ0) is 12.6. The van der Waals surface area contributed by atoms with Crippen LogP contribution < -0.4 is 5.32 Å². The van der Waals surface area contributed by atoms with Crippen LogP contribution in [0.5, 0.6) is 0 Å². The maximum atomic E-state index is 11.8. The molecule has 1 N–H and O–H groups in total. The summed E-state index contributed by atoms with van der Waals surface area (Å²) in [7, 11) is 0. The van der Waals surface area contributed by atoms with Crippen LogP contribution >= 0.6 is 24.0 Å². The highest BCUT2D eigenvalue weighted by atomic mass is 32.2. The molecule has 0 bridgehead atoms. The lowest BCUT2D eigenvalue weighted by Crippen LogP contribution is -2.48. The van der Waals surface area contributed by atoms with Crippen molar-refractivity contribution in [1.82, 2.24) is 5.32 Å². The van der Waals surface area contributed by atoms with Crippen LogP contribution in [0.2, 0.25) is 0 Å². The average molecular weight is 281 g/mol. The second-order valence-electron chi connectivity index (χ2n) is 4.20. The van der Waals surface area contributed by atoms with E-state index in [1.165, 1.54) is 11.8 Å². The summed E-state index contributed by atoms with van der Waals surface area (Å²) in [6.07, 6.45) is -0.403. The summed E-state index contributed by atoms with van der Waals surface area (Å²) >= 11 is 6.31. The van der Waals surface area contributed by atoms with Gasteiger partial charge < -0.3 is 14.8 Å². The van der Waals surface area contributed by atoms with Gasteiger partial charge in [0.05, 0.1) is 13.2 Å². The first kappa shape index (κ1) is 12.1. The average Bonchev–Trinajstić information content (AvgIpc) is 2.66. The maximum Gasteiger partial charge on any atom is 0.246 e. The number of thiocarbonyl (C=S) groups is 1. The van der Waals surface area contributed by atoms with Crippen molar-refractivity contribution in [3.63, 3.8) is 0 Å². The van der Waals surface area contributed by atoms with Crippen molar-refractivity contribution in [1.29, 1.82) is 0 Å². The SMILES string of the molecule is O=C1NC(=S)SC12COC(c1ccccc1)OC2. The molecule has 0 aromatic heterocycles. The Morgan fingerprint density at radius 2 is 1.94 bits per heavy atom. The summed E-state index contributed by atoms with van der Waals surface area (Å²) in [6, 6.07) is 9.67. The third kappa shape index (κ3) is 2.05. The molecule has 1 aromatic carbocycles. The molecule has 4 nitrogen and oxygen atoms in total. The van der Waals surface area contributed by atoms with Crippen molar-refractivity contribution in [3.8, 4) is 0 Å². The Labute approximate surface area is 114 Å². The minimum Gasteiger partial charge on any atom is -0.346 e. The first-order valence-corrected chi connectivity index (χ1v) is 6.75. The van der Waals surface area contributed by atoms with Crippen LogP contribution in [0.25, 0.3) is 0 Å². The lowest BCUT2D eigenvalue weighted by Gasteiger charge is -2.34. The quantitative estimate of drug-likeness (QED) is 0.793. The van der Waals surface area contributed by atoms with Gasteiger partial charge in [-0.1, -0.05) is 54.3 Å². The Hall–Kier alpha value is -0.950. The second-order valence-corrected chi connectivity index (χ2v) is 6.26. The summed E-state index contributed by atoms with van der Waals surface area (Å²) in [5.74, 6) is -0.121. The Morgan fingerprint density at radius 1 is 1.28 bits per heavy atom. The van der Waals surface area contributed by atoms with Crippen LogP contribution in [-0.4, -0.2) is 28.2 Å². The van der Waals surface area contributed by atoms with Crippen molar-refractivity contribution in [2.45, 2.75) is 11.0 Å². The molecule has 6 heteroatoms. The summed E-state index contributed by atoms with van der Waals surface area (Å²) in [5, 5.41) is 2.63. The minimum atomic E-state index is -0.706. The molecule has 18 heavy (non-hydrogen) atoms. The van der Waals surface area contributed by atoms with Crippen LogP contribution in [0.3, 0.4) is 0 Å². The second kappa shape index (κ2) is 4.62. The number of carbonyl (C=O) groups excluding carboxylic acids is 1. The van der Waals surface area contributed by atoms with E-state index in [4.69, 9.17) is 21.7 Å². The standard InChI is InChI=1S/C12H11NO3S2/c14-10-12(18-11(17)13-10)6-15-9(16-7-12)8-4-2-1-3-5-8/h1-5,9H,6-7H2,(H,13,14,17). The molecule has 0 saturated carbocycles. The van der Waals surface area contributed by atoms with E-state index in [0.29, 0.717) is 17.5 Å². The molecular weight excluding hydrogens is 270 g/mol. The summed E-state index contributed by atoms with van der Waals surface area (Å²) in [4.78, 5) is 11.8. The number of ether oxygens (including phenoxy) is 2. The fourth-order valence-corrected chi connectivity index (χ4v) is 3.43. The van der Waals surface area contributed by atoms with E-state index in [0.717, 1.165) is 5.56 Å². The number of thioether (sulfide) groups is 1. The summed E-state index contributed by atoms with van der Waals surface area (Å²) in [6.45, 7) is 0.617. The molecule has 1 amide bonds. The number of hydrogen-bond donors (Lipinski definition) is 1. The van der Waals surface area contributed by atoms with Gasteiger partial charge >= 0.3 is 0 Å². The molecule has 0 unspecified atom stereocenters. The Bertz CT molecular complexity index is 483. The predicted octanol–water partition coefficient (Wildman–Crippen LogP) is 1.62. The Kier molecular flexibility index (Phi) is 3.11. The molecule has 94 valence electrons. The van der Waals surface area contributed by atoms with Gasteiger partial charge in [-0.05, 0) is 0 Å². The van der Waals surface area contributed by atoms with Crippen molar-refractivity contribution >= 4 is 34.2 Å². The first-order chi connectivity index (χ1) is 8.70. The lowest BCUT2D eigenvalue weighted by molar-refractivity contribution is -0.197. The van der Waals surface area contributed by atoms with Gasteiger partial charge in [0.15, 0.2) is 6.29 Å². The highest BCUT2D eigenvalue weighted by Crippen LogP contribution is 2.38.